The average Bonchev–Trinajstić information content (AvgIpc) is 2.54. The molecule has 5 heteroatoms. The normalized spacial score (nSPS) is 11.6. The van der Waals surface area contributed by atoms with Crippen LogP contribution in [0.5, 0.6) is 0 Å². The zero-order chi connectivity index (χ0) is 17.3. The van der Waals surface area contributed by atoms with Crippen molar-refractivity contribution in [3.63, 3.8) is 0 Å². The standard InChI is InChI=1S/C18H33NO4/c1-4-7-9-11-14-22-17(20)16(13-6-3)19-18(21)23-15-12-10-8-5-2/h6,16H,3-5,7-15H2,1-2H3,(H,19,21). The third kappa shape index (κ3) is 12.7. The van der Waals surface area contributed by atoms with E-state index >= 15 is 0 Å². The van der Waals surface area contributed by atoms with Gasteiger partial charge in [-0.15, -0.1) is 6.58 Å². The van der Waals surface area contributed by atoms with Crippen molar-refractivity contribution in [3.8, 4) is 0 Å². The fraction of sp³-hybridized carbons (Fsp3) is 0.778. The summed E-state index contributed by atoms with van der Waals surface area (Å²) in [4.78, 5) is 23.7. The molecule has 0 aromatic rings. The van der Waals surface area contributed by atoms with E-state index in [9.17, 15) is 9.59 Å². The minimum Gasteiger partial charge on any atom is -0.464 e. The van der Waals surface area contributed by atoms with Crippen LogP contribution in [0.2, 0.25) is 0 Å². The molecule has 0 bridgehead atoms. The molecule has 0 aliphatic carbocycles. The van der Waals surface area contributed by atoms with E-state index in [1.54, 1.807) is 6.08 Å². The monoisotopic (exact) mass is 327 g/mol. The molecular weight excluding hydrogens is 294 g/mol. The highest BCUT2D eigenvalue weighted by molar-refractivity contribution is 5.81. The van der Waals surface area contributed by atoms with E-state index in [1.165, 1.54) is 0 Å². The van der Waals surface area contributed by atoms with Crippen LogP contribution in [0.1, 0.15) is 71.6 Å². The molecule has 1 unspecified atom stereocenters. The first kappa shape index (κ1) is 21.5. The minimum absolute atomic E-state index is 0.332. The Bertz CT molecular complexity index is 331. The number of hydrogen-bond acceptors (Lipinski definition) is 4. The predicted octanol–water partition coefficient (Wildman–Crippen LogP) is 4.36. The van der Waals surface area contributed by atoms with Gasteiger partial charge >= 0.3 is 12.1 Å². The number of unbranched alkanes of at least 4 members (excludes halogenated alkanes) is 6. The Morgan fingerprint density at radius 3 is 2.04 bits per heavy atom. The van der Waals surface area contributed by atoms with Crippen LogP contribution in [-0.2, 0) is 14.3 Å². The molecule has 0 radical (unpaired) electrons. The second-order valence-corrected chi connectivity index (χ2v) is 5.65. The maximum Gasteiger partial charge on any atom is 0.407 e. The summed E-state index contributed by atoms with van der Waals surface area (Å²) >= 11 is 0. The zero-order valence-electron chi connectivity index (χ0n) is 14.8. The zero-order valence-corrected chi connectivity index (χ0v) is 14.8. The average molecular weight is 327 g/mol. The number of nitrogens with one attached hydrogen (secondary N) is 1. The van der Waals surface area contributed by atoms with Crippen LogP contribution in [0.4, 0.5) is 4.79 Å². The molecule has 23 heavy (non-hydrogen) atoms. The van der Waals surface area contributed by atoms with Gasteiger partial charge in [-0.3, -0.25) is 0 Å². The lowest BCUT2D eigenvalue weighted by Gasteiger charge is -2.16. The van der Waals surface area contributed by atoms with Crippen LogP contribution < -0.4 is 5.32 Å². The van der Waals surface area contributed by atoms with Crippen LogP contribution in [0.15, 0.2) is 12.7 Å². The first-order valence-corrected chi connectivity index (χ1v) is 8.86. The minimum atomic E-state index is -0.721. The van der Waals surface area contributed by atoms with Gasteiger partial charge in [-0.2, -0.15) is 0 Å². The Kier molecular flexibility index (Phi) is 14.4. The Morgan fingerprint density at radius 2 is 1.52 bits per heavy atom. The van der Waals surface area contributed by atoms with E-state index in [-0.39, 0.29) is 0 Å². The molecule has 0 spiro atoms. The Balaban J connectivity index is 4.00. The highest BCUT2D eigenvalue weighted by Gasteiger charge is 2.21. The lowest BCUT2D eigenvalue weighted by atomic mass is 10.2. The lowest BCUT2D eigenvalue weighted by Crippen LogP contribution is -2.42. The van der Waals surface area contributed by atoms with Gasteiger partial charge in [0.1, 0.15) is 6.04 Å². The second-order valence-electron chi connectivity index (χ2n) is 5.65. The van der Waals surface area contributed by atoms with E-state index in [4.69, 9.17) is 9.47 Å². The molecule has 1 atom stereocenters. The topological polar surface area (TPSA) is 64.6 Å². The molecule has 0 saturated heterocycles. The van der Waals surface area contributed by atoms with Gasteiger partial charge in [0, 0.05) is 0 Å². The van der Waals surface area contributed by atoms with Crippen molar-refractivity contribution in [2.45, 2.75) is 77.7 Å². The molecule has 0 aliphatic rings. The van der Waals surface area contributed by atoms with E-state index in [0.29, 0.717) is 19.6 Å². The summed E-state index contributed by atoms with van der Waals surface area (Å²) < 4.78 is 10.3. The van der Waals surface area contributed by atoms with Gasteiger partial charge in [0.2, 0.25) is 0 Å². The smallest absolute Gasteiger partial charge is 0.407 e. The highest BCUT2D eigenvalue weighted by atomic mass is 16.6. The van der Waals surface area contributed by atoms with Gasteiger partial charge in [-0.05, 0) is 19.3 Å². The summed E-state index contributed by atoms with van der Waals surface area (Å²) in [6.07, 6.45) is 9.67. The Hall–Kier alpha value is -1.52. The third-order valence-corrected chi connectivity index (χ3v) is 3.45. The molecule has 0 aromatic heterocycles. The van der Waals surface area contributed by atoms with E-state index in [2.05, 4.69) is 25.7 Å². The number of amides is 1. The van der Waals surface area contributed by atoms with E-state index in [1.807, 2.05) is 0 Å². The number of carbonyl (C=O) groups excluding carboxylic acids is 2. The maximum atomic E-state index is 12.0. The SMILES string of the molecule is C=CCC(NC(=O)OCCCCCC)C(=O)OCCCCCC. The lowest BCUT2D eigenvalue weighted by molar-refractivity contribution is -0.146. The van der Waals surface area contributed by atoms with Crippen molar-refractivity contribution in [2.75, 3.05) is 13.2 Å². The second kappa shape index (κ2) is 15.4. The van der Waals surface area contributed by atoms with Crippen LogP contribution in [0, 0.1) is 0 Å². The molecule has 0 heterocycles. The van der Waals surface area contributed by atoms with Crippen LogP contribution in [0.3, 0.4) is 0 Å². The van der Waals surface area contributed by atoms with E-state index < -0.39 is 18.1 Å². The van der Waals surface area contributed by atoms with Crippen molar-refractivity contribution < 1.29 is 19.1 Å². The summed E-state index contributed by atoms with van der Waals surface area (Å²) in [6, 6.07) is -0.721. The van der Waals surface area contributed by atoms with Gasteiger partial charge in [0.25, 0.3) is 0 Å². The summed E-state index contributed by atoms with van der Waals surface area (Å²) in [5, 5.41) is 2.55. The molecule has 0 rings (SSSR count). The van der Waals surface area contributed by atoms with Crippen molar-refractivity contribution in [1.82, 2.24) is 5.32 Å². The molecule has 0 aliphatic heterocycles. The summed E-state index contributed by atoms with van der Waals surface area (Å²) in [5.74, 6) is -0.427. The largest absolute Gasteiger partial charge is 0.464 e. The molecule has 1 N–H and O–H groups in total. The number of alkyl carbamates (subject to hydrolysis) is 1. The summed E-state index contributed by atoms with van der Waals surface area (Å²) in [5.41, 5.74) is 0. The maximum absolute atomic E-state index is 12.0. The Labute approximate surface area is 140 Å². The first-order valence-electron chi connectivity index (χ1n) is 8.86. The summed E-state index contributed by atoms with van der Waals surface area (Å²) in [7, 11) is 0. The quantitative estimate of drug-likeness (QED) is 0.292. The number of carbonyl (C=O) groups is 2. The predicted molar refractivity (Wildman–Crippen MR) is 92.3 cm³/mol. The number of hydrogen-bond donors (Lipinski definition) is 1. The summed E-state index contributed by atoms with van der Waals surface area (Å²) in [6.45, 7) is 8.62. The fourth-order valence-corrected chi connectivity index (χ4v) is 2.06. The number of ether oxygens (including phenoxy) is 2. The van der Waals surface area contributed by atoms with E-state index in [0.717, 1.165) is 51.4 Å². The van der Waals surface area contributed by atoms with Crippen LogP contribution in [-0.4, -0.2) is 31.3 Å². The van der Waals surface area contributed by atoms with Crippen molar-refractivity contribution in [2.24, 2.45) is 0 Å². The highest BCUT2D eigenvalue weighted by Crippen LogP contribution is 2.03. The van der Waals surface area contributed by atoms with Gasteiger partial charge < -0.3 is 14.8 Å². The first-order chi connectivity index (χ1) is 11.2. The van der Waals surface area contributed by atoms with Gasteiger partial charge in [0.15, 0.2) is 0 Å². The molecule has 0 aromatic carbocycles. The van der Waals surface area contributed by atoms with Crippen LogP contribution in [0.25, 0.3) is 0 Å². The van der Waals surface area contributed by atoms with Crippen molar-refractivity contribution >= 4 is 12.1 Å². The number of rotatable bonds is 14. The van der Waals surface area contributed by atoms with Gasteiger partial charge in [0.05, 0.1) is 13.2 Å². The van der Waals surface area contributed by atoms with Crippen LogP contribution >= 0.6 is 0 Å². The Morgan fingerprint density at radius 1 is 0.957 bits per heavy atom. The molecule has 0 fully saturated rings. The van der Waals surface area contributed by atoms with Crippen molar-refractivity contribution in [3.05, 3.63) is 12.7 Å². The molecule has 5 nitrogen and oxygen atoms in total. The van der Waals surface area contributed by atoms with Gasteiger partial charge in [-0.25, -0.2) is 9.59 Å². The molecule has 1 amide bonds. The van der Waals surface area contributed by atoms with Crippen molar-refractivity contribution in [1.29, 1.82) is 0 Å². The number of esters is 1. The molecular formula is C18H33NO4. The molecule has 0 saturated carbocycles. The van der Waals surface area contributed by atoms with Gasteiger partial charge in [-0.1, -0.05) is 58.4 Å². The third-order valence-electron chi connectivity index (χ3n) is 3.45. The fourth-order valence-electron chi connectivity index (χ4n) is 2.06. The molecule has 134 valence electrons.